The molecular formula is C18H23NS. The van der Waals surface area contributed by atoms with Crippen molar-refractivity contribution in [1.82, 2.24) is 4.90 Å². The molecule has 2 aromatic rings. The zero-order valence-electron chi connectivity index (χ0n) is 12.4. The van der Waals surface area contributed by atoms with E-state index in [4.69, 9.17) is 0 Å². The van der Waals surface area contributed by atoms with Gasteiger partial charge in [0.2, 0.25) is 0 Å². The number of hydrogen-bond donors (Lipinski definition) is 0. The molecule has 1 heterocycles. The molecule has 0 radical (unpaired) electrons. The van der Waals surface area contributed by atoms with Crippen molar-refractivity contribution in [3.8, 4) is 0 Å². The minimum atomic E-state index is 0.800. The predicted molar refractivity (Wildman–Crippen MR) is 87.4 cm³/mol. The van der Waals surface area contributed by atoms with Crippen LogP contribution < -0.4 is 0 Å². The number of thiophene rings is 1. The summed E-state index contributed by atoms with van der Waals surface area (Å²) in [5, 5.41) is 3.78. The fourth-order valence-electron chi connectivity index (χ4n) is 4.89. The second-order valence-corrected chi connectivity index (χ2v) is 7.91. The van der Waals surface area contributed by atoms with Gasteiger partial charge in [0.25, 0.3) is 0 Å². The molecule has 0 saturated heterocycles. The Morgan fingerprint density at radius 1 is 1.15 bits per heavy atom. The molecule has 1 aromatic carbocycles. The van der Waals surface area contributed by atoms with Crippen molar-refractivity contribution in [1.29, 1.82) is 0 Å². The Balaban J connectivity index is 1.77. The van der Waals surface area contributed by atoms with Crippen molar-refractivity contribution < 1.29 is 0 Å². The van der Waals surface area contributed by atoms with Crippen LogP contribution in [0, 0.1) is 17.8 Å². The zero-order chi connectivity index (χ0) is 13.7. The molecular weight excluding hydrogens is 262 g/mol. The fraction of sp³-hybridized carbons (Fsp3) is 0.556. The van der Waals surface area contributed by atoms with Gasteiger partial charge in [-0.2, -0.15) is 0 Å². The second-order valence-electron chi connectivity index (χ2n) is 6.96. The van der Waals surface area contributed by atoms with E-state index < -0.39 is 0 Å². The van der Waals surface area contributed by atoms with Crippen LogP contribution in [-0.4, -0.2) is 25.5 Å². The summed E-state index contributed by atoms with van der Waals surface area (Å²) in [6.07, 6.45) is 4.41. The fourth-order valence-corrected chi connectivity index (χ4v) is 5.71. The van der Waals surface area contributed by atoms with Gasteiger partial charge in [0, 0.05) is 11.2 Å². The van der Waals surface area contributed by atoms with Crippen LogP contribution in [0.5, 0.6) is 0 Å². The molecule has 0 unspecified atom stereocenters. The quantitative estimate of drug-likeness (QED) is 0.797. The van der Waals surface area contributed by atoms with E-state index in [9.17, 15) is 0 Å². The smallest absolute Gasteiger partial charge is 0.0345 e. The lowest BCUT2D eigenvalue weighted by Crippen LogP contribution is -2.30. The van der Waals surface area contributed by atoms with Crippen LogP contribution in [-0.2, 0) is 0 Å². The van der Waals surface area contributed by atoms with Crippen molar-refractivity contribution in [2.75, 3.05) is 20.6 Å². The van der Waals surface area contributed by atoms with E-state index >= 15 is 0 Å². The molecule has 2 fully saturated rings. The third-order valence-corrected chi connectivity index (χ3v) is 6.44. The van der Waals surface area contributed by atoms with Gasteiger partial charge < -0.3 is 4.90 Å². The molecule has 1 aromatic heterocycles. The van der Waals surface area contributed by atoms with Crippen molar-refractivity contribution >= 4 is 21.4 Å². The molecule has 4 atom stereocenters. The zero-order valence-corrected chi connectivity index (χ0v) is 13.2. The summed E-state index contributed by atoms with van der Waals surface area (Å²) in [6.45, 7) is 1.26. The van der Waals surface area contributed by atoms with Crippen molar-refractivity contribution in [3.05, 3.63) is 35.2 Å². The summed E-state index contributed by atoms with van der Waals surface area (Å²) < 4.78 is 1.47. The van der Waals surface area contributed by atoms with Crippen LogP contribution in [0.3, 0.4) is 0 Å². The molecule has 2 saturated carbocycles. The molecule has 106 valence electrons. The van der Waals surface area contributed by atoms with E-state index in [2.05, 4.69) is 48.6 Å². The van der Waals surface area contributed by atoms with Crippen LogP contribution in [0.4, 0.5) is 0 Å². The van der Waals surface area contributed by atoms with E-state index in [0.29, 0.717) is 0 Å². The van der Waals surface area contributed by atoms with Gasteiger partial charge in [0.1, 0.15) is 0 Å². The van der Waals surface area contributed by atoms with Crippen molar-refractivity contribution in [2.24, 2.45) is 17.8 Å². The predicted octanol–water partition coefficient (Wildman–Crippen LogP) is 4.59. The van der Waals surface area contributed by atoms with Gasteiger partial charge >= 0.3 is 0 Å². The molecule has 20 heavy (non-hydrogen) atoms. The van der Waals surface area contributed by atoms with E-state index in [1.165, 1.54) is 35.9 Å². The molecule has 2 bridgehead atoms. The first-order valence-corrected chi connectivity index (χ1v) is 8.73. The maximum absolute atomic E-state index is 2.41. The standard InChI is InChI=1S/C18H23NS/c1-19(2)11-16-12-6-7-13(10-12)18(16)15-4-3-5-17-14(15)8-9-20-17/h3-5,8-9,12-13,16,18H,6-7,10-11H2,1-2H3/t12-,13+,16-,18+/m0/s1. The van der Waals surface area contributed by atoms with Gasteiger partial charge in [0.15, 0.2) is 0 Å². The minimum Gasteiger partial charge on any atom is -0.309 e. The lowest BCUT2D eigenvalue weighted by molar-refractivity contribution is 0.220. The van der Waals surface area contributed by atoms with Crippen LogP contribution in [0.2, 0.25) is 0 Å². The van der Waals surface area contributed by atoms with E-state index in [1.54, 1.807) is 5.56 Å². The number of rotatable bonds is 3. The van der Waals surface area contributed by atoms with Crippen LogP contribution in [0.25, 0.3) is 10.1 Å². The normalized spacial score (nSPS) is 32.5. The van der Waals surface area contributed by atoms with Gasteiger partial charge in [-0.1, -0.05) is 12.1 Å². The van der Waals surface area contributed by atoms with Crippen LogP contribution in [0.15, 0.2) is 29.6 Å². The van der Waals surface area contributed by atoms with Gasteiger partial charge in [0.05, 0.1) is 0 Å². The Morgan fingerprint density at radius 2 is 2.00 bits per heavy atom. The lowest BCUT2D eigenvalue weighted by Gasteiger charge is -2.33. The first-order valence-electron chi connectivity index (χ1n) is 7.85. The van der Waals surface area contributed by atoms with Crippen molar-refractivity contribution in [2.45, 2.75) is 25.2 Å². The first kappa shape index (κ1) is 12.8. The molecule has 0 spiro atoms. The molecule has 2 aliphatic carbocycles. The van der Waals surface area contributed by atoms with E-state index in [-0.39, 0.29) is 0 Å². The Labute approximate surface area is 125 Å². The number of hydrogen-bond acceptors (Lipinski definition) is 2. The monoisotopic (exact) mass is 285 g/mol. The molecule has 2 heteroatoms. The van der Waals surface area contributed by atoms with E-state index in [0.717, 1.165) is 23.7 Å². The summed E-state index contributed by atoms with van der Waals surface area (Å²) >= 11 is 1.89. The number of fused-ring (bicyclic) bond motifs is 3. The SMILES string of the molecule is CN(C)C[C@H]1[C@H]2CC[C@H](C2)[C@@H]1c1cccc2sccc12. The highest BCUT2D eigenvalue weighted by atomic mass is 32.1. The number of benzene rings is 1. The maximum atomic E-state index is 2.41. The summed E-state index contributed by atoms with van der Waals surface area (Å²) in [4.78, 5) is 2.39. The highest BCUT2D eigenvalue weighted by molar-refractivity contribution is 7.17. The molecule has 0 amide bonds. The molecule has 1 nitrogen and oxygen atoms in total. The highest BCUT2D eigenvalue weighted by Crippen LogP contribution is 2.57. The van der Waals surface area contributed by atoms with Gasteiger partial charge in [-0.25, -0.2) is 0 Å². The Hall–Kier alpha value is -0.860. The Bertz CT molecular complexity index is 615. The van der Waals surface area contributed by atoms with Gasteiger partial charge in [-0.05, 0) is 85.5 Å². The van der Waals surface area contributed by atoms with E-state index in [1.807, 2.05) is 11.3 Å². The van der Waals surface area contributed by atoms with Gasteiger partial charge in [-0.15, -0.1) is 11.3 Å². The molecule has 2 aliphatic rings. The molecule has 4 rings (SSSR count). The maximum Gasteiger partial charge on any atom is 0.0345 e. The third-order valence-electron chi connectivity index (χ3n) is 5.55. The topological polar surface area (TPSA) is 3.24 Å². The second kappa shape index (κ2) is 4.85. The highest BCUT2D eigenvalue weighted by Gasteiger charge is 2.48. The number of nitrogens with zero attached hydrogens (tertiary/aromatic N) is 1. The summed E-state index contributed by atoms with van der Waals surface area (Å²) in [6, 6.07) is 9.29. The summed E-state index contributed by atoms with van der Waals surface area (Å²) in [5.74, 6) is 3.58. The van der Waals surface area contributed by atoms with Crippen molar-refractivity contribution in [3.63, 3.8) is 0 Å². The minimum absolute atomic E-state index is 0.800. The molecule has 0 aliphatic heterocycles. The average molecular weight is 285 g/mol. The van der Waals surface area contributed by atoms with Crippen LogP contribution >= 0.6 is 11.3 Å². The third kappa shape index (κ3) is 1.93. The summed E-state index contributed by atoms with van der Waals surface area (Å²) in [5.41, 5.74) is 1.64. The Kier molecular flexibility index (Phi) is 3.12. The van der Waals surface area contributed by atoms with Crippen LogP contribution in [0.1, 0.15) is 30.7 Å². The lowest BCUT2D eigenvalue weighted by atomic mass is 9.74. The summed E-state index contributed by atoms with van der Waals surface area (Å²) in [7, 11) is 4.46. The first-order chi connectivity index (χ1) is 9.74. The average Bonchev–Trinajstić information content (AvgIpc) is 3.12. The largest absolute Gasteiger partial charge is 0.309 e. The Morgan fingerprint density at radius 3 is 2.85 bits per heavy atom. The molecule has 0 N–H and O–H groups in total. The van der Waals surface area contributed by atoms with Gasteiger partial charge in [-0.3, -0.25) is 0 Å².